The molecule has 0 spiro atoms. The van der Waals surface area contributed by atoms with E-state index in [4.69, 9.17) is 4.42 Å². The fraction of sp³-hybridized carbons (Fsp3) is 0.0870. The minimum Gasteiger partial charge on any atom is -0.457 e. The zero-order chi connectivity index (χ0) is 23.9. The van der Waals surface area contributed by atoms with Gasteiger partial charge >= 0.3 is 6.03 Å². The van der Waals surface area contributed by atoms with Crippen molar-refractivity contribution in [2.45, 2.75) is 13.8 Å². The van der Waals surface area contributed by atoms with Gasteiger partial charge in [0.2, 0.25) is 0 Å². The van der Waals surface area contributed by atoms with Crippen molar-refractivity contribution in [3.63, 3.8) is 0 Å². The zero-order valence-electron chi connectivity index (χ0n) is 17.4. The van der Waals surface area contributed by atoms with Gasteiger partial charge in [0, 0.05) is 17.2 Å². The Bertz CT molecular complexity index is 1360. The fourth-order valence-corrected chi connectivity index (χ4v) is 3.38. The quantitative estimate of drug-likeness (QED) is 0.275. The number of carbonyl (C=O) groups is 3. The van der Waals surface area contributed by atoms with Gasteiger partial charge in [-0.05, 0) is 68.0 Å². The van der Waals surface area contributed by atoms with E-state index in [1.165, 1.54) is 30.3 Å². The van der Waals surface area contributed by atoms with Crippen LogP contribution in [0.15, 0.2) is 58.5 Å². The predicted molar refractivity (Wildman–Crippen MR) is 116 cm³/mol. The number of amides is 4. The Morgan fingerprint density at radius 2 is 1.76 bits per heavy atom. The molecule has 4 amide bonds. The first kappa shape index (κ1) is 21.6. The Hall–Kier alpha value is -4.60. The van der Waals surface area contributed by atoms with Crippen LogP contribution in [0.5, 0.6) is 0 Å². The number of furan rings is 1. The molecule has 0 unspecified atom stereocenters. The summed E-state index contributed by atoms with van der Waals surface area (Å²) in [5.41, 5.74) is 1.35. The van der Waals surface area contributed by atoms with Crippen molar-refractivity contribution in [2.24, 2.45) is 0 Å². The molecule has 4 rings (SSSR count). The molecule has 2 aromatic carbocycles. The van der Waals surface area contributed by atoms with Gasteiger partial charge in [-0.15, -0.1) is 0 Å². The number of anilines is 1. The van der Waals surface area contributed by atoms with Gasteiger partial charge in [-0.3, -0.25) is 25.0 Å². The number of nitrogens with zero attached hydrogens (tertiary/aromatic N) is 2. The largest absolute Gasteiger partial charge is 0.457 e. The molecule has 166 valence electrons. The molecule has 3 aromatic rings. The number of nitrogens with one attached hydrogen (secondary N) is 1. The lowest BCUT2D eigenvalue weighted by atomic mass is 10.0. The fourth-order valence-electron chi connectivity index (χ4n) is 3.38. The summed E-state index contributed by atoms with van der Waals surface area (Å²) >= 11 is 0. The van der Waals surface area contributed by atoms with Crippen LogP contribution in [-0.2, 0) is 9.59 Å². The third kappa shape index (κ3) is 4.01. The number of nitro benzene ring substituents is 1. The van der Waals surface area contributed by atoms with Crippen LogP contribution in [0.4, 0.5) is 20.6 Å². The molecule has 2 heterocycles. The minimum absolute atomic E-state index is 0.0587. The summed E-state index contributed by atoms with van der Waals surface area (Å²) in [5, 5.41) is 13.4. The summed E-state index contributed by atoms with van der Waals surface area (Å²) in [6.07, 6.45) is 1.17. The summed E-state index contributed by atoms with van der Waals surface area (Å²) < 4.78 is 18.9. The Balaban J connectivity index is 1.69. The van der Waals surface area contributed by atoms with Crippen LogP contribution in [-0.4, -0.2) is 22.8 Å². The van der Waals surface area contributed by atoms with Gasteiger partial charge in [0.05, 0.1) is 10.6 Å². The summed E-state index contributed by atoms with van der Waals surface area (Å²) in [5.74, 6) is -1.95. The molecule has 0 atom stereocenters. The highest BCUT2D eigenvalue weighted by atomic mass is 19.1. The maximum atomic E-state index is 13.2. The van der Waals surface area contributed by atoms with E-state index >= 15 is 0 Å². The number of benzene rings is 2. The first-order valence-corrected chi connectivity index (χ1v) is 9.68. The molecule has 1 aromatic heterocycles. The molecule has 0 radical (unpaired) electrons. The number of imide groups is 2. The second-order valence-electron chi connectivity index (χ2n) is 7.33. The highest BCUT2D eigenvalue weighted by Gasteiger charge is 2.37. The molecule has 1 fully saturated rings. The Morgan fingerprint density at radius 3 is 2.42 bits per heavy atom. The van der Waals surface area contributed by atoms with Gasteiger partial charge in [0.1, 0.15) is 22.9 Å². The van der Waals surface area contributed by atoms with Gasteiger partial charge < -0.3 is 4.42 Å². The number of urea groups is 1. The average molecular weight is 449 g/mol. The van der Waals surface area contributed by atoms with Crippen LogP contribution in [0.1, 0.15) is 16.9 Å². The number of halogens is 1. The van der Waals surface area contributed by atoms with Crippen LogP contribution >= 0.6 is 0 Å². The van der Waals surface area contributed by atoms with Crippen molar-refractivity contribution >= 4 is 35.3 Å². The molecular weight excluding hydrogens is 433 g/mol. The van der Waals surface area contributed by atoms with Crippen molar-refractivity contribution in [3.8, 4) is 11.3 Å². The number of nitro groups is 1. The van der Waals surface area contributed by atoms with E-state index in [0.29, 0.717) is 27.4 Å². The summed E-state index contributed by atoms with van der Waals surface area (Å²) in [4.78, 5) is 48.9. The number of carbonyl (C=O) groups excluding carboxylic acids is 3. The van der Waals surface area contributed by atoms with E-state index in [1.807, 2.05) is 0 Å². The zero-order valence-corrected chi connectivity index (χ0v) is 17.4. The normalized spacial score (nSPS) is 15.2. The molecule has 0 saturated carbocycles. The van der Waals surface area contributed by atoms with E-state index in [-0.39, 0.29) is 22.7 Å². The Labute approximate surface area is 186 Å². The van der Waals surface area contributed by atoms with Gasteiger partial charge in [-0.1, -0.05) is 0 Å². The van der Waals surface area contributed by atoms with E-state index in [2.05, 4.69) is 5.32 Å². The third-order valence-corrected chi connectivity index (χ3v) is 5.22. The second kappa shape index (κ2) is 8.15. The Morgan fingerprint density at radius 1 is 1.06 bits per heavy atom. The van der Waals surface area contributed by atoms with Crippen LogP contribution in [0.3, 0.4) is 0 Å². The predicted octanol–water partition coefficient (Wildman–Crippen LogP) is 4.28. The van der Waals surface area contributed by atoms with E-state index in [1.54, 1.807) is 26.0 Å². The molecule has 1 aliphatic heterocycles. The van der Waals surface area contributed by atoms with E-state index in [0.717, 1.165) is 12.1 Å². The smallest absolute Gasteiger partial charge is 0.335 e. The number of hydrogen-bond acceptors (Lipinski definition) is 6. The van der Waals surface area contributed by atoms with E-state index in [9.17, 15) is 28.9 Å². The molecule has 0 bridgehead atoms. The summed E-state index contributed by atoms with van der Waals surface area (Å²) in [7, 11) is 0. The molecular formula is C23H16FN3O6. The van der Waals surface area contributed by atoms with Gasteiger partial charge in [-0.2, -0.15) is 0 Å². The van der Waals surface area contributed by atoms with Crippen molar-refractivity contribution < 1.29 is 28.1 Å². The van der Waals surface area contributed by atoms with Crippen molar-refractivity contribution in [2.75, 3.05) is 4.90 Å². The lowest BCUT2D eigenvalue weighted by Gasteiger charge is -2.26. The summed E-state index contributed by atoms with van der Waals surface area (Å²) in [6, 6.07) is 9.81. The lowest BCUT2D eigenvalue weighted by Crippen LogP contribution is -2.54. The van der Waals surface area contributed by atoms with Crippen LogP contribution in [0, 0.1) is 29.8 Å². The van der Waals surface area contributed by atoms with Crippen molar-refractivity contribution in [1.29, 1.82) is 0 Å². The first-order chi connectivity index (χ1) is 15.7. The van der Waals surface area contributed by atoms with Gasteiger partial charge in [0.25, 0.3) is 17.5 Å². The molecule has 1 aliphatic rings. The summed E-state index contributed by atoms with van der Waals surface area (Å²) in [6.45, 7) is 3.39. The molecule has 10 heteroatoms. The van der Waals surface area contributed by atoms with E-state index < -0.39 is 28.6 Å². The molecule has 1 N–H and O–H groups in total. The first-order valence-electron chi connectivity index (χ1n) is 9.68. The molecule has 33 heavy (non-hydrogen) atoms. The lowest BCUT2D eigenvalue weighted by molar-refractivity contribution is -0.385. The van der Waals surface area contributed by atoms with Crippen LogP contribution < -0.4 is 10.2 Å². The molecule has 9 nitrogen and oxygen atoms in total. The number of hydrogen-bond donors (Lipinski definition) is 1. The Kier molecular flexibility index (Phi) is 5.34. The third-order valence-electron chi connectivity index (χ3n) is 5.22. The number of rotatable bonds is 4. The monoisotopic (exact) mass is 449 g/mol. The van der Waals surface area contributed by atoms with Gasteiger partial charge in [-0.25, -0.2) is 14.1 Å². The number of aryl methyl sites for hydroxylation is 1. The average Bonchev–Trinajstić information content (AvgIpc) is 3.22. The van der Waals surface area contributed by atoms with Crippen LogP contribution in [0.2, 0.25) is 0 Å². The van der Waals surface area contributed by atoms with Crippen molar-refractivity contribution in [3.05, 3.63) is 86.9 Å². The van der Waals surface area contributed by atoms with Gasteiger partial charge in [0.15, 0.2) is 0 Å². The second-order valence-corrected chi connectivity index (χ2v) is 7.33. The SMILES string of the molecule is Cc1cc(-c2ccc(/C=C3\C(=O)NC(=O)N(c4ccc(F)cc4)C3=O)o2)cc([N+](=O)[O-])c1C. The van der Waals surface area contributed by atoms with Crippen LogP contribution in [0.25, 0.3) is 17.4 Å². The topological polar surface area (TPSA) is 123 Å². The maximum absolute atomic E-state index is 13.2. The maximum Gasteiger partial charge on any atom is 0.335 e. The standard InChI is InChI=1S/C23H16FN3O6/c1-12-9-14(10-19(13(12)2)27(31)32)20-8-7-17(33-20)11-18-21(28)25-23(30)26(22(18)29)16-5-3-15(24)4-6-16/h3-11H,1-2H3,(H,25,28,30)/b18-11+. The highest BCUT2D eigenvalue weighted by molar-refractivity contribution is 6.39. The number of barbiturate groups is 1. The molecule has 1 saturated heterocycles. The van der Waals surface area contributed by atoms with Crippen molar-refractivity contribution in [1.82, 2.24) is 5.32 Å². The molecule has 0 aliphatic carbocycles. The minimum atomic E-state index is -0.962. The highest BCUT2D eigenvalue weighted by Crippen LogP contribution is 2.31.